The number of rotatable bonds is 2. The molecule has 0 amide bonds. The van der Waals surface area contributed by atoms with Crippen LogP contribution in [-0.4, -0.2) is 34.3 Å². The van der Waals surface area contributed by atoms with Gasteiger partial charge < -0.3 is 9.47 Å². The van der Waals surface area contributed by atoms with E-state index in [9.17, 15) is 9.59 Å². The monoisotopic (exact) mass is 252 g/mol. The van der Waals surface area contributed by atoms with E-state index in [1.54, 1.807) is 20.8 Å². The standard InChI is InChI=1S/C12H16N2O4/c1-12(2,3)18-11(16)14-7-9(13-8-14)5-6-10(15)17-4/h5-8H,1-4H3/b6-5+. The molecule has 0 aromatic carbocycles. The summed E-state index contributed by atoms with van der Waals surface area (Å²) in [6.07, 6.45) is 4.94. The molecule has 98 valence electrons. The number of carbonyl (C=O) groups excluding carboxylic acids is 2. The molecule has 0 saturated heterocycles. The van der Waals surface area contributed by atoms with Crippen LogP contribution in [0.15, 0.2) is 18.6 Å². The van der Waals surface area contributed by atoms with Gasteiger partial charge in [-0.25, -0.2) is 19.1 Å². The summed E-state index contributed by atoms with van der Waals surface area (Å²) in [7, 11) is 1.28. The molecule has 1 aromatic heterocycles. The van der Waals surface area contributed by atoms with Gasteiger partial charge in [-0.15, -0.1) is 0 Å². The molecule has 1 heterocycles. The van der Waals surface area contributed by atoms with Crippen molar-refractivity contribution in [3.63, 3.8) is 0 Å². The van der Waals surface area contributed by atoms with Gasteiger partial charge in [0.15, 0.2) is 0 Å². The molecule has 6 heteroatoms. The molecule has 0 radical (unpaired) electrons. The molecule has 0 atom stereocenters. The van der Waals surface area contributed by atoms with Crippen molar-refractivity contribution in [3.8, 4) is 0 Å². The molecule has 0 bridgehead atoms. The normalized spacial score (nSPS) is 11.6. The van der Waals surface area contributed by atoms with E-state index >= 15 is 0 Å². The van der Waals surface area contributed by atoms with Crippen molar-refractivity contribution in [1.29, 1.82) is 0 Å². The zero-order valence-electron chi connectivity index (χ0n) is 10.8. The lowest BCUT2D eigenvalue weighted by molar-refractivity contribution is -0.134. The van der Waals surface area contributed by atoms with Gasteiger partial charge in [0.25, 0.3) is 0 Å². The average molecular weight is 252 g/mol. The first-order chi connectivity index (χ1) is 8.31. The van der Waals surface area contributed by atoms with Crippen LogP contribution < -0.4 is 0 Å². The third kappa shape index (κ3) is 4.40. The van der Waals surface area contributed by atoms with Crippen LogP contribution in [-0.2, 0) is 14.3 Å². The number of nitrogens with zero attached hydrogens (tertiary/aromatic N) is 2. The van der Waals surface area contributed by atoms with Crippen LogP contribution in [0.5, 0.6) is 0 Å². The second-order valence-corrected chi connectivity index (χ2v) is 4.54. The number of carbonyl (C=O) groups is 2. The Kier molecular flexibility index (Phi) is 4.25. The molecule has 0 saturated carbocycles. The SMILES string of the molecule is COC(=O)/C=C/c1cn(C(=O)OC(C)(C)C)cn1. The van der Waals surface area contributed by atoms with Crippen molar-refractivity contribution in [3.05, 3.63) is 24.3 Å². The van der Waals surface area contributed by atoms with Crippen molar-refractivity contribution in [2.75, 3.05) is 7.11 Å². The molecule has 0 N–H and O–H groups in total. The second kappa shape index (κ2) is 5.48. The average Bonchev–Trinajstić information content (AvgIpc) is 2.72. The zero-order chi connectivity index (χ0) is 13.8. The molecule has 0 aliphatic carbocycles. The van der Waals surface area contributed by atoms with Crippen molar-refractivity contribution in [2.45, 2.75) is 26.4 Å². The van der Waals surface area contributed by atoms with Crippen LogP contribution >= 0.6 is 0 Å². The van der Waals surface area contributed by atoms with E-state index in [1.165, 1.54) is 36.4 Å². The summed E-state index contributed by atoms with van der Waals surface area (Å²) in [5.41, 5.74) is -0.102. The maximum Gasteiger partial charge on any atom is 0.419 e. The molecule has 1 aromatic rings. The third-order valence-corrected chi connectivity index (χ3v) is 1.80. The maximum absolute atomic E-state index is 11.7. The van der Waals surface area contributed by atoms with Gasteiger partial charge in [-0.1, -0.05) is 0 Å². The molecule has 0 spiro atoms. The Hall–Kier alpha value is -2.11. The predicted molar refractivity (Wildman–Crippen MR) is 64.9 cm³/mol. The van der Waals surface area contributed by atoms with E-state index < -0.39 is 17.7 Å². The Labute approximate surface area is 105 Å². The summed E-state index contributed by atoms with van der Waals surface area (Å²) in [5, 5.41) is 0. The highest BCUT2D eigenvalue weighted by molar-refractivity contribution is 5.86. The summed E-state index contributed by atoms with van der Waals surface area (Å²) in [6.45, 7) is 5.33. The third-order valence-electron chi connectivity index (χ3n) is 1.80. The summed E-state index contributed by atoms with van der Waals surface area (Å²) in [4.78, 5) is 26.5. The minimum atomic E-state index is -0.566. The van der Waals surface area contributed by atoms with Crippen LogP contribution in [0.25, 0.3) is 6.08 Å². The fourth-order valence-corrected chi connectivity index (χ4v) is 1.06. The van der Waals surface area contributed by atoms with Crippen LogP contribution in [0, 0.1) is 0 Å². The fourth-order valence-electron chi connectivity index (χ4n) is 1.06. The van der Waals surface area contributed by atoms with Gasteiger partial charge in [-0.05, 0) is 26.8 Å². The minimum absolute atomic E-state index is 0.464. The van der Waals surface area contributed by atoms with Gasteiger partial charge in [-0.3, -0.25) is 0 Å². The number of ether oxygens (including phenoxy) is 2. The van der Waals surface area contributed by atoms with Crippen LogP contribution in [0.4, 0.5) is 4.79 Å². The van der Waals surface area contributed by atoms with E-state index in [0.717, 1.165) is 0 Å². The number of methoxy groups -OCH3 is 1. The summed E-state index contributed by atoms with van der Waals surface area (Å²) >= 11 is 0. The van der Waals surface area contributed by atoms with E-state index in [4.69, 9.17) is 4.74 Å². The van der Waals surface area contributed by atoms with Crippen LogP contribution in [0.2, 0.25) is 0 Å². The minimum Gasteiger partial charge on any atom is -0.466 e. The summed E-state index contributed by atoms with van der Waals surface area (Å²) < 4.78 is 10.8. The molecule has 0 fully saturated rings. The van der Waals surface area contributed by atoms with Gasteiger partial charge in [0.05, 0.1) is 12.8 Å². The number of hydrogen-bond acceptors (Lipinski definition) is 5. The topological polar surface area (TPSA) is 70.4 Å². The van der Waals surface area contributed by atoms with Crippen molar-refractivity contribution in [1.82, 2.24) is 9.55 Å². The molecular formula is C12H16N2O4. The molecule has 0 aliphatic heterocycles. The van der Waals surface area contributed by atoms with Gasteiger partial charge in [0.2, 0.25) is 0 Å². The lowest BCUT2D eigenvalue weighted by atomic mass is 10.2. The first kappa shape index (κ1) is 14.0. The van der Waals surface area contributed by atoms with Crippen molar-refractivity contribution < 1.29 is 19.1 Å². The fraction of sp³-hybridized carbons (Fsp3) is 0.417. The Morgan fingerprint density at radius 1 is 1.39 bits per heavy atom. The Bertz CT molecular complexity index is 469. The number of hydrogen-bond donors (Lipinski definition) is 0. The van der Waals surface area contributed by atoms with Gasteiger partial charge in [0.1, 0.15) is 11.9 Å². The smallest absolute Gasteiger partial charge is 0.419 e. The maximum atomic E-state index is 11.7. The summed E-state index contributed by atoms with van der Waals surface area (Å²) in [5.74, 6) is -0.484. The lowest BCUT2D eigenvalue weighted by Gasteiger charge is -2.18. The second-order valence-electron chi connectivity index (χ2n) is 4.54. The first-order valence-corrected chi connectivity index (χ1v) is 5.35. The molecule has 18 heavy (non-hydrogen) atoms. The van der Waals surface area contributed by atoms with Gasteiger partial charge in [-0.2, -0.15) is 0 Å². The highest BCUT2D eigenvalue weighted by Gasteiger charge is 2.17. The molecule has 1 rings (SSSR count). The van der Waals surface area contributed by atoms with E-state index in [2.05, 4.69) is 9.72 Å². The molecule has 6 nitrogen and oxygen atoms in total. The predicted octanol–water partition coefficient (Wildman–Crippen LogP) is 1.85. The van der Waals surface area contributed by atoms with Gasteiger partial charge >= 0.3 is 12.1 Å². The zero-order valence-corrected chi connectivity index (χ0v) is 10.8. The highest BCUT2D eigenvalue weighted by Crippen LogP contribution is 2.09. The van der Waals surface area contributed by atoms with E-state index in [-0.39, 0.29) is 0 Å². The first-order valence-electron chi connectivity index (χ1n) is 5.35. The van der Waals surface area contributed by atoms with Gasteiger partial charge in [0, 0.05) is 12.3 Å². The molecular weight excluding hydrogens is 236 g/mol. The number of imidazole rings is 1. The quantitative estimate of drug-likeness (QED) is 0.593. The largest absolute Gasteiger partial charge is 0.466 e. The molecule has 0 aliphatic rings. The summed E-state index contributed by atoms with van der Waals surface area (Å²) in [6, 6.07) is 0. The van der Waals surface area contributed by atoms with Crippen molar-refractivity contribution in [2.24, 2.45) is 0 Å². The van der Waals surface area contributed by atoms with E-state index in [0.29, 0.717) is 5.69 Å². The number of aromatic nitrogens is 2. The highest BCUT2D eigenvalue weighted by atomic mass is 16.6. The van der Waals surface area contributed by atoms with Crippen LogP contribution in [0.1, 0.15) is 26.5 Å². The van der Waals surface area contributed by atoms with Crippen molar-refractivity contribution >= 4 is 18.1 Å². The Balaban J connectivity index is 2.72. The van der Waals surface area contributed by atoms with Crippen LogP contribution in [0.3, 0.4) is 0 Å². The Morgan fingerprint density at radius 3 is 2.61 bits per heavy atom. The Morgan fingerprint density at radius 2 is 2.06 bits per heavy atom. The number of esters is 1. The lowest BCUT2D eigenvalue weighted by Crippen LogP contribution is -2.26. The molecule has 0 unspecified atom stereocenters. The van der Waals surface area contributed by atoms with E-state index in [1.807, 2.05) is 0 Å².